The van der Waals surface area contributed by atoms with Gasteiger partial charge in [0.2, 0.25) is 0 Å². The van der Waals surface area contributed by atoms with E-state index in [1.807, 2.05) is 49.4 Å². The minimum Gasteiger partial charge on any atom is -0.479 e. The van der Waals surface area contributed by atoms with E-state index in [0.717, 1.165) is 29.7 Å². The summed E-state index contributed by atoms with van der Waals surface area (Å²) < 4.78 is 5.28. The molecule has 2 aromatic rings. The molecule has 0 amide bonds. The van der Waals surface area contributed by atoms with Crippen LogP contribution in [0, 0.1) is 0 Å². The van der Waals surface area contributed by atoms with Gasteiger partial charge in [-0.1, -0.05) is 53.7 Å². The van der Waals surface area contributed by atoms with E-state index in [1.54, 1.807) is 6.92 Å². The lowest BCUT2D eigenvalue weighted by molar-refractivity contribution is -0.149. The standard InChI is InChI=1S/C22H27NO4/c1-3-26-21(22(24)25)16-19-11-7-13-20(15-19)17(2)23-27-14-8-12-18-9-5-4-6-10-18/h4-7,9-11,13,15,21H,3,8,12,14,16H2,1-2H3,(H,24,25)/b23-17+/t21-/m1/s1. The van der Waals surface area contributed by atoms with Gasteiger partial charge in [-0.2, -0.15) is 0 Å². The van der Waals surface area contributed by atoms with Gasteiger partial charge >= 0.3 is 5.97 Å². The fourth-order valence-electron chi connectivity index (χ4n) is 2.74. The molecule has 0 aliphatic rings. The maximum Gasteiger partial charge on any atom is 0.333 e. The molecule has 2 aromatic carbocycles. The number of hydrogen-bond acceptors (Lipinski definition) is 4. The van der Waals surface area contributed by atoms with Gasteiger partial charge in [0.1, 0.15) is 6.61 Å². The Kier molecular flexibility index (Phi) is 8.52. The van der Waals surface area contributed by atoms with Gasteiger partial charge in [0.25, 0.3) is 0 Å². The Morgan fingerprint density at radius 1 is 1.11 bits per heavy atom. The zero-order valence-corrected chi connectivity index (χ0v) is 15.9. The van der Waals surface area contributed by atoms with Crippen LogP contribution in [-0.4, -0.2) is 36.1 Å². The second kappa shape index (κ2) is 11.1. The predicted octanol–water partition coefficient (Wildman–Crippen LogP) is 4.09. The summed E-state index contributed by atoms with van der Waals surface area (Å²) in [6.07, 6.45) is 1.34. The van der Waals surface area contributed by atoms with Crippen LogP contribution in [-0.2, 0) is 27.2 Å². The third-order valence-electron chi connectivity index (χ3n) is 4.15. The van der Waals surface area contributed by atoms with E-state index in [1.165, 1.54) is 5.56 Å². The molecule has 0 saturated carbocycles. The maximum atomic E-state index is 11.2. The number of benzene rings is 2. The van der Waals surface area contributed by atoms with Gasteiger partial charge < -0.3 is 14.7 Å². The van der Waals surface area contributed by atoms with E-state index in [9.17, 15) is 9.90 Å². The van der Waals surface area contributed by atoms with Gasteiger partial charge in [0.15, 0.2) is 6.10 Å². The van der Waals surface area contributed by atoms with Crippen molar-refractivity contribution in [1.29, 1.82) is 0 Å². The van der Waals surface area contributed by atoms with Crippen molar-refractivity contribution in [2.75, 3.05) is 13.2 Å². The topological polar surface area (TPSA) is 68.1 Å². The summed E-state index contributed by atoms with van der Waals surface area (Å²) in [5, 5.41) is 13.4. The van der Waals surface area contributed by atoms with Crippen molar-refractivity contribution >= 4 is 11.7 Å². The zero-order valence-electron chi connectivity index (χ0n) is 15.9. The average Bonchev–Trinajstić information content (AvgIpc) is 2.68. The smallest absolute Gasteiger partial charge is 0.333 e. The van der Waals surface area contributed by atoms with E-state index in [0.29, 0.717) is 19.6 Å². The number of carboxylic acid groups (broad SMARTS) is 1. The molecular formula is C22H27NO4. The Labute approximate surface area is 160 Å². The lowest BCUT2D eigenvalue weighted by Gasteiger charge is -2.13. The van der Waals surface area contributed by atoms with Crippen LogP contribution in [0.2, 0.25) is 0 Å². The first-order valence-electron chi connectivity index (χ1n) is 9.24. The molecule has 0 heterocycles. The van der Waals surface area contributed by atoms with Crippen LogP contribution in [0.15, 0.2) is 59.8 Å². The highest BCUT2D eigenvalue weighted by Gasteiger charge is 2.18. The molecule has 0 fully saturated rings. The largest absolute Gasteiger partial charge is 0.479 e. The van der Waals surface area contributed by atoms with E-state index in [2.05, 4.69) is 17.3 Å². The summed E-state index contributed by atoms with van der Waals surface area (Å²) in [7, 11) is 0. The first-order chi connectivity index (χ1) is 13.1. The summed E-state index contributed by atoms with van der Waals surface area (Å²) in [4.78, 5) is 16.7. The molecule has 5 nitrogen and oxygen atoms in total. The summed E-state index contributed by atoms with van der Waals surface area (Å²) in [6, 6.07) is 17.9. The summed E-state index contributed by atoms with van der Waals surface area (Å²) in [5.74, 6) is -0.950. The van der Waals surface area contributed by atoms with Crippen molar-refractivity contribution in [1.82, 2.24) is 0 Å². The first kappa shape index (κ1) is 20.6. The molecular weight excluding hydrogens is 342 g/mol. The molecule has 27 heavy (non-hydrogen) atoms. The van der Waals surface area contributed by atoms with Gasteiger partial charge in [-0.05, 0) is 49.4 Å². The van der Waals surface area contributed by atoms with E-state index in [4.69, 9.17) is 9.57 Å². The van der Waals surface area contributed by atoms with Crippen molar-refractivity contribution in [2.24, 2.45) is 5.16 Å². The molecule has 0 spiro atoms. The Bertz CT molecular complexity index is 743. The van der Waals surface area contributed by atoms with Crippen LogP contribution in [0.1, 0.15) is 37.0 Å². The van der Waals surface area contributed by atoms with Crippen LogP contribution in [0.4, 0.5) is 0 Å². The number of carbonyl (C=O) groups is 1. The second-order valence-corrected chi connectivity index (χ2v) is 6.29. The Hall–Kier alpha value is -2.66. The van der Waals surface area contributed by atoms with E-state index >= 15 is 0 Å². The van der Waals surface area contributed by atoms with Crippen molar-refractivity contribution in [3.8, 4) is 0 Å². The molecule has 5 heteroatoms. The van der Waals surface area contributed by atoms with E-state index < -0.39 is 12.1 Å². The number of hydrogen-bond donors (Lipinski definition) is 1. The molecule has 0 saturated heterocycles. The van der Waals surface area contributed by atoms with Gasteiger partial charge in [-0.3, -0.25) is 0 Å². The highest BCUT2D eigenvalue weighted by molar-refractivity contribution is 5.98. The minimum atomic E-state index is -0.950. The van der Waals surface area contributed by atoms with Crippen molar-refractivity contribution in [3.63, 3.8) is 0 Å². The fourth-order valence-corrected chi connectivity index (χ4v) is 2.74. The Morgan fingerprint density at radius 2 is 1.85 bits per heavy atom. The number of carboxylic acids is 1. The molecule has 0 aliphatic heterocycles. The normalized spacial score (nSPS) is 12.6. The molecule has 0 bridgehead atoms. The number of rotatable bonds is 11. The summed E-state index contributed by atoms with van der Waals surface area (Å²) in [5.41, 5.74) is 3.86. The number of ether oxygens (including phenoxy) is 1. The van der Waals surface area contributed by atoms with Crippen molar-refractivity contribution < 1.29 is 19.5 Å². The number of aryl methyl sites for hydroxylation is 1. The molecule has 0 aromatic heterocycles. The molecule has 0 aliphatic carbocycles. The van der Waals surface area contributed by atoms with Crippen molar-refractivity contribution in [3.05, 3.63) is 71.3 Å². The Balaban J connectivity index is 1.87. The van der Waals surface area contributed by atoms with Gasteiger partial charge in [0.05, 0.1) is 5.71 Å². The number of nitrogens with zero attached hydrogens (tertiary/aromatic N) is 1. The third kappa shape index (κ3) is 7.23. The SMILES string of the molecule is CCO[C@H](Cc1cccc(/C(C)=N/OCCCc2ccccc2)c1)C(=O)O. The first-order valence-corrected chi connectivity index (χ1v) is 9.24. The highest BCUT2D eigenvalue weighted by atomic mass is 16.6. The fraction of sp³-hybridized carbons (Fsp3) is 0.364. The molecule has 0 unspecified atom stereocenters. The molecule has 0 radical (unpaired) electrons. The summed E-state index contributed by atoms with van der Waals surface area (Å²) >= 11 is 0. The van der Waals surface area contributed by atoms with E-state index in [-0.39, 0.29) is 0 Å². The average molecular weight is 369 g/mol. The van der Waals surface area contributed by atoms with Crippen LogP contribution < -0.4 is 0 Å². The lowest BCUT2D eigenvalue weighted by Crippen LogP contribution is -2.26. The van der Waals surface area contributed by atoms with Gasteiger partial charge in [0, 0.05) is 13.0 Å². The van der Waals surface area contributed by atoms with Gasteiger partial charge in [-0.25, -0.2) is 4.79 Å². The molecule has 1 N–H and O–H groups in total. The molecule has 1 atom stereocenters. The highest BCUT2D eigenvalue weighted by Crippen LogP contribution is 2.11. The maximum absolute atomic E-state index is 11.2. The third-order valence-corrected chi connectivity index (χ3v) is 4.15. The summed E-state index contributed by atoms with van der Waals surface area (Å²) in [6.45, 7) is 4.59. The second-order valence-electron chi connectivity index (χ2n) is 6.29. The monoisotopic (exact) mass is 369 g/mol. The minimum absolute atomic E-state index is 0.322. The van der Waals surface area contributed by atoms with Crippen molar-refractivity contribution in [2.45, 2.75) is 39.2 Å². The van der Waals surface area contributed by atoms with Crippen LogP contribution in [0.3, 0.4) is 0 Å². The number of oxime groups is 1. The lowest BCUT2D eigenvalue weighted by atomic mass is 10.0. The van der Waals surface area contributed by atoms with Crippen LogP contribution in [0.5, 0.6) is 0 Å². The predicted molar refractivity (Wildman–Crippen MR) is 106 cm³/mol. The van der Waals surface area contributed by atoms with Gasteiger partial charge in [-0.15, -0.1) is 0 Å². The number of aliphatic carboxylic acids is 1. The molecule has 144 valence electrons. The quantitative estimate of drug-likeness (QED) is 0.368. The van der Waals surface area contributed by atoms with Crippen LogP contribution in [0.25, 0.3) is 0 Å². The zero-order chi connectivity index (χ0) is 19.5. The van der Waals surface area contributed by atoms with Crippen LogP contribution >= 0.6 is 0 Å². The Morgan fingerprint density at radius 3 is 2.56 bits per heavy atom. The molecule has 2 rings (SSSR count).